The van der Waals surface area contributed by atoms with Crippen LogP contribution in [0.15, 0.2) is 54.6 Å². The molecule has 116 valence electrons. The first kappa shape index (κ1) is 16.3. The van der Waals surface area contributed by atoms with Crippen molar-refractivity contribution in [2.24, 2.45) is 5.41 Å². The molecule has 0 radical (unpaired) electrons. The zero-order chi connectivity index (χ0) is 16.0. The van der Waals surface area contributed by atoms with Crippen molar-refractivity contribution in [2.45, 2.75) is 33.6 Å². The van der Waals surface area contributed by atoms with E-state index in [9.17, 15) is 4.79 Å². The van der Waals surface area contributed by atoms with Gasteiger partial charge in [0.15, 0.2) is 0 Å². The minimum Gasteiger partial charge on any atom is -0.352 e. The standard InChI is InChI=1S/C20H25NO/c1-20(2,3)13-14-21-19(22)18-11-9-17(10-12-18)15-16-7-5-4-6-8-16/h4-12H,13-15H2,1-3H3,(H,21,22). The maximum Gasteiger partial charge on any atom is 0.251 e. The molecule has 0 heterocycles. The van der Waals surface area contributed by atoms with Crippen LogP contribution in [0.3, 0.4) is 0 Å². The quantitative estimate of drug-likeness (QED) is 0.868. The third-order valence-electron chi connectivity index (χ3n) is 3.63. The molecule has 2 aromatic rings. The molecule has 0 atom stereocenters. The Labute approximate surface area is 133 Å². The first-order valence-electron chi connectivity index (χ1n) is 7.85. The van der Waals surface area contributed by atoms with Crippen LogP contribution in [0, 0.1) is 5.41 Å². The lowest BCUT2D eigenvalue weighted by Crippen LogP contribution is -2.27. The molecule has 22 heavy (non-hydrogen) atoms. The topological polar surface area (TPSA) is 29.1 Å². The first-order valence-corrected chi connectivity index (χ1v) is 7.85. The highest BCUT2D eigenvalue weighted by Crippen LogP contribution is 2.17. The summed E-state index contributed by atoms with van der Waals surface area (Å²) in [7, 11) is 0. The summed E-state index contributed by atoms with van der Waals surface area (Å²) in [6, 6.07) is 18.2. The van der Waals surface area contributed by atoms with Gasteiger partial charge in [0, 0.05) is 12.1 Å². The summed E-state index contributed by atoms with van der Waals surface area (Å²) in [6.45, 7) is 7.25. The smallest absolute Gasteiger partial charge is 0.251 e. The molecule has 0 aliphatic heterocycles. The molecule has 0 aliphatic rings. The third kappa shape index (κ3) is 5.36. The number of benzene rings is 2. The molecule has 0 saturated carbocycles. The van der Waals surface area contributed by atoms with Crippen LogP contribution in [0.2, 0.25) is 0 Å². The molecular formula is C20H25NO. The molecule has 0 aromatic heterocycles. The lowest BCUT2D eigenvalue weighted by atomic mass is 9.92. The molecule has 1 N–H and O–H groups in total. The van der Waals surface area contributed by atoms with Gasteiger partial charge in [-0.1, -0.05) is 63.2 Å². The van der Waals surface area contributed by atoms with Crippen molar-refractivity contribution in [3.05, 3.63) is 71.3 Å². The number of amides is 1. The Morgan fingerprint density at radius 2 is 1.50 bits per heavy atom. The summed E-state index contributed by atoms with van der Waals surface area (Å²) in [5.41, 5.74) is 3.47. The van der Waals surface area contributed by atoms with Gasteiger partial charge in [-0.15, -0.1) is 0 Å². The van der Waals surface area contributed by atoms with Gasteiger partial charge in [0.25, 0.3) is 5.91 Å². The van der Waals surface area contributed by atoms with Crippen molar-refractivity contribution < 1.29 is 4.79 Å². The molecule has 0 fully saturated rings. The molecule has 0 aliphatic carbocycles. The van der Waals surface area contributed by atoms with Crippen molar-refractivity contribution in [2.75, 3.05) is 6.54 Å². The molecule has 0 saturated heterocycles. The first-order chi connectivity index (χ1) is 10.4. The van der Waals surface area contributed by atoms with E-state index in [2.05, 4.69) is 38.2 Å². The van der Waals surface area contributed by atoms with E-state index < -0.39 is 0 Å². The minimum atomic E-state index is 0.00973. The predicted molar refractivity (Wildman–Crippen MR) is 92.1 cm³/mol. The van der Waals surface area contributed by atoms with E-state index in [1.54, 1.807) is 0 Å². The van der Waals surface area contributed by atoms with Crippen LogP contribution in [0.25, 0.3) is 0 Å². The normalized spacial score (nSPS) is 11.2. The van der Waals surface area contributed by atoms with Gasteiger partial charge in [0.2, 0.25) is 0 Å². The highest BCUT2D eigenvalue weighted by Gasteiger charge is 2.11. The summed E-state index contributed by atoms with van der Waals surface area (Å²) in [6.07, 6.45) is 1.87. The van der Waals surface area contributed by atoms with Crippen LogP contribution in [-0.2, 0) is 6.42 Å². The van der Waals surface area contributed by atoms with Crippen molar-refractivity contribution >= 4 is 5.91 Å². The fourth-order valence-electron chi connectivity index (χ4n) is 2.26. The average Bonchev–Trinajstić information content (AvgIpc) is 2.47. The van der Waals surface area contributed by atoms with E-state index >= 15 is 0 Å². The van der Waals surface area contributed by atoms with Gasteiger partial charge in [-0.05, 0) is 41.5 Å². The molecular weight excluding hydrogens is 270 g/mol. The van der Waals surface area contributed by atoms with E-state index in [4.69, 9.17) is 0 Å². The van der Waals surface area contributed by atoms with Gasteiger partial charge in [-0.2, -0.15) is 0 Å². The van der Waals surface area contributed by atoms with Crippen LogP contribution in [0.5, 0.6) is 0 Å². The molecule has 1 amide bonds. The number of hydrogen-bond donors (Lipinski definition) is 1. The summed E-state index contributed by atoms with van der Waals surface area (Å²) in [5.74, 6) is 0.00973. The third-order valence-corrected chi connectivity index (χ3v) is 3.63. The second-order valence-corrected chi connectivity index (χ2v) is 6.93. The van der Waals surface area contributed by atoms with Gasteiger partial charge in [-0.3, -0.25) is 4.79 Å². The zero-order valence-electron chi connectivity index (χ0n) is 13.7. The van der Waals surface area contributed by atoms with E-state index in [1.165, 1.54) is 11.1 Å². The highest BCUT2D eigenvalue weighted by atomic mass is 16.1. The van der Waals surface area contributed by atoms with Gasteiger partial charge < -0.3 is 5.32 Å². The Kier molecular flexibility index (Phi) is 5.37. The lowest BCUT2D eigenvalue weighted by molar-refractivity contribution is 0.0949. The molecule has 2 nitrogen and oxygen atoms in total. The largest absolute Gasteiger partial charge is 0.352 e. The highest BCUT2D eigenvalue weighted by molar-refractivity contribution is 5.94. The van der Waals surface area contributed by atoms with Crippen LogP contribution in [0.4, 0.5) is 0 Å². The van der Waals surface area contributed by atoms with Gasteiger partial charge in [-0.25, -0.2) is 0 Å². The second-order valence-electron chi connectivity index (χ2n) is 6.93. The van der Waals surface area contributed by atoms with Gasteiger partial charge in [0.1, 0.15) is 0 Å². The Balaban J connectivity index is 1.90. The average molecular weight is 295 g/mol. The number of rotatable bonds is 5. The number of nitrogens with one attached hydrogen (secondary N) is 1. The Hall–Kier alpha value is -2.09. The Morgan fingerprint density at radius 3 is 2.09 bits per heavy atom. The number of hydrogen-bond acceptors (Lipinski definition) is 1. The van der Waals surface area contributed by atoms with Crippen molar-refractivity contribution in [1.82, 2.24) is 5.32 Å². The monoisotopic (exact) mass is 295 g/mol. The summed E-state index contributed by atoms with van der Waals surface area (Å²) in [5, 5.41) is 2.99. The van der Waals surface area contributed by atoms with Crippen LogP contribution >= 0.6 is 0 Å². The van der Waals surface area contributed by atoms with Crippen LogP contribution in [0.1, 0.15) is 48.7 Å². The van der Waals surface area contributed by atoms with Gasteiger partial charge >= 0.3 is 0 Å². The van der Waals surface area contributed by atoms with Crippen LogP contribution in [-0.4, -0.2) is 12.5 Å². The molecule has 2 heteroatoms. The van der Waals surface area contributed by atoms with E-state index in [-0.39, 0.29) is 11.3 Å². The van der Waals surface area contributed by atoms with Crippen LogP contribution < -0.4 is 5.32 Å². The molecule has 2 aromatic carbocycles. The number of carbonyl (C=O) groups excluding carboxylic acids is 1. The summed E-state index contributed by atoms with van der Waals surface area (Å²) >= 11 is 0. The van der Waals surface area contributed by atoms with Gasteiger partial charge in [0.05, 0.1) is 0 Å². The maximum absolute atomic E-state index is 12.1. The molecule has 0 unspecified atom stereocenters. The van der Waals surface area contributed by atoms with Crippen molar-refractivity contribution in [1.29, 1.82) is 0 Å². The van der Waals surface area contributed by atoms with E-state index in [0.717, 1.165) is 18.4 Å². The second kappa shape index (κ2) is 7.26. The molecule has 2 rings (SSSR count). The zero-order valence-corrected chi connectivity index (χ0v) is 13.7. The summed E-state index contributed by atoms with van der Waals surface area (Å²) < 4.78 is 0. The Morgan fingerprint density at radius 1 is 0.909 bits per heavy atom. The molecule has 0 spiro atoms. The fourth-order valence-corrected chi connectivity index (χ4v) is 2.26. The SMILES string of the molecule is CC(C)(C)CCNC(=O)c1ccc(Cc2ccccc2)cc1. The van der Waals surface area contributed by atoms with E-state index in [1.807, 2.05) is 42.5 Å². The number of carbonyl (C=O) groups is 1. The molecule has 0 bridgehead atoms. The minimum absolute atomic E-state index is 0.00973. The maximum atomic E-state index is 12.1. The fraction of sp³-hybridized carbons (Fsp3) is 0.350. The summed E-state index contributed by atoms with van der Waals surface area (Å²) in [4.78, 5) is 12.1. The predicted octanol–water partition coefficient (Wildman–Crippen LogP) is 4.44. The van der Waals surface area contributed by atoms with Crippen molar-refractivity contribution in [3.8, 4) is 0 Å². The van der Waals surface area contributed by atoms with Crippen molar-refractivity contribution in [3.63, 3.8) is 0 Å². The lowest BCUT2D eigenvalue weighted by Gasteiger charge is -2.18. The Bertz CT molecular complexity index is 594. The van der Waals surface area contributed by atoms with E-state index in [0.29, 0.717) is 6.54 Å².